The van der Waals surface area contributed by atoms with Crippen molar-refractivity contribution in [2.45, 2.75) is 94.2 Å². The topological polar surface area (TPSA) is 114 Å². The maximum absolute atomic E-state index is 14.3. The third kappa shape index (κ3) is 4.44. The molecule has 0 radical (unpaired) electrons. The van der Waals surface area contributed by atoms with E-state index in [1.54, 1.807) is 18.5 Å². The highest BCUT2D eigenvalue weighted by atomic mass is 16.3. The first kappa shape index (κ1) is 28.5. The number of pyridine rings is 1. The quantitative estimate of drug-likeness (QED) is 0.272. The monoisotopic (exact) mass is 603 g/mol. The smallest absolute Gasteiger partial charge is 0.237 e. The first-order valence-corrected chi connectivity index (χ1v) is 16.4. The van der Waals surface area contributed by atoms with Gasteiger partial charge >= 0.3 is 0 Å². The van der Waals surface area contributed by atoms with Gasteiger partial charge in [-0.05, 0) is 75.8 Å². The first-order chi connectivity index (χ1) is 21.6. The van der Waals surface area contributed by atoms with Gasteiger partial charge in [0.05, 0.1) is 53.8 Å². The summed E-state index contributed by atoms with van der Waals surface area (Å²) in [5, 5.41) is 25.7. The van der Waals surface area contributed by atoms with E-state index in [1.807, 2.05) is 30.5 Å². The summed E-state index contributed by atoms with van der Waals surface area (Å²) in [4.78, 5) is 27.2. The van der Waals surface area contributed by atoms with Crippen LogP contribution < -0.4 is 4.90 Å². The van der Waals surface area contributed by atoms with E-state index in [1.165, 1.54) is 24.8 Å². The van der Waals surface area contributed by atoms with Crippen molar-refractivity contribution in [3.05, 3.63) is 54.0 Å². The lowest BCUT2D eigenvalue weighted by atomic mass is 9.68. The Morgan fingerprint density at radius 3 is 2.44 bits per heavy atom. The fraction of sp³-hybridized carbons (Fsp3) is 0.500. The van der Waals surface area contributed by atoms with Gasteiger partial charge in [-0.3, -0.25) is 14.4 Å². The number of benzene rings is 1. The minimum atomic E-state index is -0.898. The fourth-order valence-corrected chi connectivity index (χ4v) is 8.40. The van der Waals surface area contributed by atoms with Crippen molar-refractivity contribution in [2.75, 3.05) is 25.0 Å². The van der Waals surface area contributed by atoms with Gasteiger partial charge in [-0.25, -0.2) is 4.98 Å². The van der Waals surface area contributed by atoms with Crippen molar-refractivity contribution in [1.29, 1.82) is 5.26 Å². The van der Waals surface area contributed by atoms with Crippen LogP contribution in [-0.4, -0.2) is 66.9 Å². The molecule has 1 aromatic carbocycles. The van der Waals surface area contributed by atoms with Gasteiger partial charge in [0, 0.05) is 53.9 Å². The van der Waals surface area contributed by atoms with Gasteiger partial charge in [0.2, 0.25) is 5.91 Å². The second-order valence-electron chi connectivity index (χ2n) is 14.6. The van der Waals surface area contributed by atoms with Crippen LogP contribution in [0.15, 0.2) is 42.9 Å². The van der Waals surface area contributed by atoms with E-state index < -0.39 is 11.0 Å². The third-order valence-electron chi connectivity index (χ3n) is 11.1. The number of aromatic amines is 1. The highest BCUT2D eigenvalue weighted by molar-refractivity contribution is 6.16. The zero-order valence-electron chi connectivity index (χ0n) is 26.4. The molecular formula is C36H41N7O2. The number of hydrogen-bond donors (Lipinski definition) is 2. The molecule has 4 aliphatic rings. The number of nitrogens with zero attached hydrogens (tertiary/aromatic N) is 6. The summed E-state index contributed by atoms with van der Waals surface area (Å²) in [6, 6.07) is 11.4. The molecule has 1 saturated heterocycles. The van der Waals surface area contributed by atoms with Crippen molar-refractivity contribution in [3.63, 3.8) is 0 Å². The average molecular weight is 604 g/mol. The number of likely N-dealkylation sites (tertiary alicyclic amines) is 1. The van der Waals surface area contributed by atoms with Gasteiger partial charge in [0.1, 0.15) is 5.65 Å². The Labute approximate surface area is 263 Å². The Morgan fingerprint density at radius 1 is 1.09 bits per heavy atom. The Bertz CT molecular complexity index is 1840. The molecule has 45 heavy (non-hydrogen) atoms. The molecule has 2 aliphatic carbocycles. The Morgan fingerprint density at radius 2 is 1.82 bits per heavy atom. The number of hydrogen-bond acceptors (Lipinski definition) is 6. The Hall–Kier alpha value is -4.00. The summed E-state index contributed by atoms with van der Waals surface area (Å²) in [6.45, 7) is 5.54. The van der Waals surface area contributed by atoms with Crippen molar-refractivity contribution in [3.8, 4) is 28.5 Å². The van der Waals surface area contributed by atoms with E-state index in [0.717, 1.165) is 83.4 Å². The van der Waals surface area contributed by atoms with Gasteiger partial charge in [-0.1, -0.05) is 24.3 Å². The minimum Gasteiger partial charge on any atom is -0.389 e. The summed E-state index contributed by atoms with van der Waals surface area (Å²) < 4.78 is 1.78. The highest BCUT2D eigenvalue weighted by Gasteiger charge is 2.55. The molecule has 9 heteroatoms. The molecule has 1 spiro atoms. The summed E-state index contributed by atoms with van der Waals surface area (Å²) >= 11 is 0. The zero-order valence-corrected chi connectivity index (χ0v) is 26.4. The van der Waals surface area contributed by atoms with E-state index in [9.17, 15) is 15.2 Å². The minimum absolute atomic E-state index is 0.0285. The molecule has 4 aromatic rings. The maximum atomic E-state index is 14.3. The van der Waals surface area contributed by atoms with Crippen LogP contribution in [-0.2, 0) is 16.8 Å². The predicted octanol–water partition coefficient (Wildman–Crippen LogP) is 5.89. The van der Waals surface area contributed by atoms with Crippen LogP contribution in [0.2, 0.25) is 0 Å². The maximum Gasteiger partial charge on any atom is 0.237 e. The van der Waals surface area contributed by atoms with E-state index in [-0.39, 0.29) is 11.4 Å². The van der Waals surface area contributed by atoms with Crippen LogP contribution in [0, 0.1) is 11.3 Å². The molecule has 3 fully saturated rings. The van der Waals surface area contributed by atoms with E-state index in [4.69, 9.17) is 4.98 Å². The second-order valence-corrected chi connectivity index (χ2v) is 14.6. The lowest BCUT2D eigenvalue weighted by molar-refractivity contribution is -0.126. The lowest BCUT2D eigenvalue weighted by Crippen LogP contribution is -2.59. The number of nitriles is 1. The molecule has 2 N–H and O–H groups in total. The number of anilines is 1. The molecule has 2 saturated carbocycles. The van der Waals surface area contributed by atoms with E-state index in [2.05, 4.69) is 45.3 Å². The van der Waals surface area contributed by atoms with Crippen LogP contribution in [0.25, 0.3) is 33.4 Å². The lowest BCUT2D eigenvalue weighted by Gasteiger charge is -2.53. The largest absolute Gasteiger partial charge is 0.389 e. The fourth-order valence-electron chi connectivity index (χ4n) is 8.40. The van der Waals surface area contributed by atoms with Gasteiger partial charge in [-0.15, -0.1) is 0 Å². The molecule has 3 aromatic heterocycles. The number of piperidine rings is 1. The Kier molecular flexibility index (Phi) is 6.33. The number of amides is 1. The average Bonchev–Trinajstić information content (AvgIpc) is 3.58. The number of carbonyl (C=O) groups excluding carboxylic acids is 1. The van der Waals surface area contributed by atoms with Crippen LogP contribution in [0.1, 0.15) is 82.3 Å². The zero-order chi connectivity index (χ0) is 31.1. The molecule has 8 rings (SSSR count). The SMILES string of the molecule is CN1C(=O)C2(CCN(C3(CC#N)CCC3)CC2)c2c1cnc1[nH]c(-c3cnn(CC(C)(C)O)c3)c(-c3ccc(C4CC4)cc3)c21. The van der Waals surface area contributed by atoms with Crippen LogP contribution in [0.4, 0.5) is 5.69 Å². The second kappa shape index (κ2) is 10.0. The Balaban J connectivity index is 1.29. The van der Waals surface area contributed by atoms with Crippen molar-refractivity contribution >= 4 is 22.6 Å². The predicted molar refractivity (Wildman–Crippen MR) is 174 cm³/mol. The number of rotatable bonds is 7. The van der Waals surface area contributed by atoms with Gasteiger partial charge in [-0.2, -0.15) is 10.4 Å². The number of carbonyl (C=O) groups is 1. The van der Waals surface area contributed by atoms with Crippen molar-refractivity contribution < 1.29 is 9.90 Å². The molecular weight excluding hydrogens is 562 g/mol. The molecule has 0 unspecified atom stereocenters. The molecule has 1 amide bonds. The van der Waals surface area contributed by atoms with Gasteiger partial charge in [0.15, 0.2) is 0 Å². The summed E-state index contributed by atoms with van der Waals surface area (Å²) in [5.74, 6) is 0.803. The standard InChI is InChI=1S/C36H41N7O2/c1-34(2,45)22-43-21-26(19-39-43)31-28(25-9-7-24(8-10-25)23-5-6-23)29-30-27(20-38-32(29)40-31)41(3)33(44)36(30)14-17-42(18-15-36)35(13-16-37)11-4-12-35/h7-10,19-21,23,45H,4-6,11-15,17-18,22H2,1-3H3,(H,38,40). The third-order valence-corrected chi connectivity index (χ3v) is 11.1. The van der Waals surface area contributed by atoms with E-state index in [0.29, 0.717) is 18.9 Å². The summed E-state index contributed by atoms with van der Waals surface area (Å²) in [6.07, 6.45) is 13.5. The number of aliphatic hydroxyl groups is 1. The normalized spacial score (nSPS) is 20.9. The molecule has 2 aliphatic heterocycles. The first-order valence-electron chi connectivity index (χ1n) is 16.4. The number of aromatic nitrogens is 4. The summed E-state index contributed by atoms with van der Waals surface area (Å²) in [7, 11) is 1.89. The van der Waals surface area contributed by atoms with Gasteiger partial charge < -0.3 is 15.0 Å². The number of H-pyrrole nitrogens is 1. The number of likely N-dealkylation sites (N-methyl/N-ethyl adjacent to an activating group) is 1. The van der Waals surface area contributed by atoms with Crippen LogP contribution in [0.5, 0.6) is 0 Å². The van der Waals surface area contributed by atoms with Crippen LogP contribution in [0.3, 0.4) is 0 Å². The number of nitrogens with one attached hydrogen (secondary N) is 1. The van der Waals surface area contributed by atoms with E-state index >= 15 is 0 Å². The molecule has 232 valence electrons. The summed E-state index contributed by atoms with van der Waals surface area (Å²) in [5.41, 5.74) is 6.50. The molecule has 9 nitrogen and oxygen atoms in total. The van der Waals surface area contributed by atoms with Gasteiger partial charge in [0.25, 0.3) is 0 Å². The molecule has 0 bridgehead atoms. The van der Waals surface area contributed by atoms with Crippen LogP contribution >= 0.6 is 0 Å². The molecule has 0 atom stereocenters. The number of fused-ring (bicyclic) bond motifs is 4. The molecule has 5 heterocycles. The highest BCUT2D eigenvalue weighted by Crippen LogP contribution is 2.55. The van der Waals surface area contributed by atoms with Crippen molar-refractivity contribution in [2.24, 2.45) is 0 Å². The van der Waals surface area contributed by atoms with Crippen molar-refractivity contribution in [1.82, 2.24) is 24.6 Å².